The van der Waals surface area contributed by atoms with Crippen LogP contribution < -0.4 is 11.1 Å². The zero-order valence-electron chi connectivity index (χ0n) is 10.9. The summed E-state index contributed by atoms with van der Waals surface area (Å²) >= 11 is 5.80. The Bertz CT molecular complexity index is 434. The quantitative estimate of drug-likeness (QED) is 0.860. The molecule has 104 valence electrons. The number of rotatable bonds is 5. The molecule has 0 spiro atoms. The van der Waals surface area contributed by atoms with Gasteiger partial charge in [-0.1, -0.05) is 23.7 Å². The van der Waals surface area contributed by atoms with E-state index in [1.807, 2.05) is 19.1 Å². The number of nitrogens with one attached hydrogen (secondary N) is 1. The van der Waals surface area contributed by atoms with Gasteiger partial charge in [0.1, 0.15) is 0 Å². The third-order valence-corrected chi connectivity index (χ3v) is 3.60. The Morgan fingerprint density at radius 1 is 1.47 bits per heavy atom. The molecule has 1 aromatic carbocycles. The second kappa shape index (κ2) is 6.37. The van der Waals surface area contributed by atoms with Gasteiger partial charge in [-0.05, 0) is 31.0 Å². The average molecular weight is 283 g/mol. The van der Waals surface area contributed by atoms with E-state index in [1.165, 1.54) is 0 Å². The molecule has 2 rings (SSSR count). The summed E-state index contributed by atoms with van der Waals surface area (Å²) in [6.07, 6.45) is 1.19. The molecule has 1 fully saturated rings. The summed E-state index contributed by atoms with van der Waals surface area (Å²) < 4.78 is 5.52. The van der Waals surface area contributed by atoms with E-state index in [2.05, 4.69) is 5.32 Å². The fraction of sp³-hybridized carbons (Fsp3) is 0.500. The maximum absolute atomic E-state index is 11.9. The van der Waals surface area contributed by atoms with Gasteiger partial charge >= 0.3 is 0 Å². The highest BCUT2D eigenvalue weighted by Gasteiger charge is 2.40. The molecule has 0 aromatic heterocycles. The lowest BCUT2D eigenvalue weighted by Crippen LogP contribution is -2.64. The number of benzene rings is 1. The SMILES string of the molecule is CCOC1CC(N)C1NC(=O)Cc1ccc(Cl)cc1. The molecule has 3 unspecified atom stereocenters. The molecule has 1 aliphatic carbocycles. The number of carbonyl (C=O) groups is 1. The molecule has 0 aliphatic heterocycles. The van der Waals surface area contributed by atoms with Crippen LogP contribution in [0, 0.1) is 0 Å². The van der Waals surface area contributed by atoms with Crippen LogP contribution in [-0.2, 0) is 16.0 Å². The van der Waals surface area contributed by atoms with Crippen molar-refractivity contribution >= 4 is 17.5 Å². The minimum atomic E-state index is -0.0697. The second-order valence-corrected chi connectivity index (χ2v) is 5.23. The van der Waals surface area contributed by atoms with Crippen molar-refractivity contribution in [1.82, 2.24) is 5.32 Å². The van der Waals surface area contributed by atoms with E-state index in [-0.39, 0.29) is 24.1 Å². The molecule has 5 heteroatoms. The predicted molar refractivity (Wildman–Crippen MR) is 75.1 cm³/mol. The Morgan fingerprint density at radius 3 is 2.74 bits per heavy atom. The average Bonchev–Trinajstić information content (AvgIpc) is 2.39. The largest absolute Gasteiger partial charge is 0.376 e. The normalized spacial score (nSPS) is 25.7. The lowest BCUT2D eigenvalue weighted by atomic mass is 9.83. The van der Waals surface area contributed by atoms with Gasteiger partial charge < -0.3 is 15.8 Å². The Hall–Kier alpha value is -1.10. The van der Waals surface area contributed by atoms with Crippen LogP contribution in [0.4, 0.5) is 0 Å². The molecule has 3 N–H and O–H groups in total. The fourth-order valence-electron chi connectivity index (χ4n) is 2.25. The fourth-order valence-corrected chi connectivity index (χ4v) is 2.38. The first-order valence-electron chi connectivity index (χ1n) is 6.51. The maximum atomic E-state index is 11.9. The smallest absolute Gasteiger partial charge is 0.224 e. The first kappa shape index (κ1) is 14.3. The molecule has 0 heterocycles. The molecule has 3 atom stereocenters. The van der Waals surface area contributed by atoms with Crippen molar-refractivity contribution in [2.45, 2.75) is 38.0 Å². The zero-order chi connectivity index (χ0) is 13.8. The van der Waals surface area contributed by atoms with Crippen molar-refractivity contribution in [3.63, 3.8) is 0 Å². The second-order valence-electron chi connectivity index (χ2n) is 4.79. The van der Waals surface area contributed by atoms with Gasteiger partial charge in [-0.3, -0.25) is 4.79 Å². The van der Waals surface area contributed by atoms with Crippen molar-refractivity contribution < 1.29 is 9.53 Å². The first-order valence-corrected chi connectivity index (χ1v) is 6.89. The number of halogens is 1. The molecular formula is C14H19ClN2O2. The molecule has 0 bridgehead atoms. The van der Waals surface area contributed by atoms with Gasteiger partial charge in [0.15, 0.2) is 0 Å². The summed E-state index contributed by atoms with van der Waals surface area (Å²) in [5, 5.41) is 3.61. The van der Waals surface area contributed by atoms with Crippen LogP contribution in [0.5, 0.6) is 0 Å². The third-order valence-electron chi connectivity index (χ3n) is 3.35. The van der Waals surface area contributed by atoms with Crippen LogP contribution in [0.25, 0.3) is 0 Å². The Morgan fingerprint density at radius 2 is 2.16 bits per heavy atom. The monoisotopic (exact) mass is 282 g/mol. The van der Waals surface area contributed by atoms with Crippen molar-refractivity contribution in [1.29, 1.82) is 0 Å². The van der Waals surface area contributed by atoms with Crippen LogP contribution in [-0.4, -0.2) is 30.7 Å². The molecule has 1 aliphatic rings. The topological polar surface area (TPSA) is 64.3 Å². The van der Waals surface area contributed by atoms with E-state index >= 15 is 0 Å². The maximum Gasteiger partial charge on any atom is 0.224 e. The van der Waals surface area contributed by atoms with Crippen LogP contribution in [0.1, 0.15) is 18.9 Å². The van der Waals surface area contributed by atoms with Gasteiger partial charge in [0.05, 0.1) is 18.6 Å². The van der Waals surface area contributed by atoms with Gasteiger partial charge in [-0.15, -0.1) is 0 Å². The Labute approximate surface area is 118 Å². The first-order chi connectivity index (χ1) is 9.10. The molecule has 4 nitrogen and oxygen atoms in total. The lowest BCUT2D eigenvalue weighted by molar-refractivity contribution is -0.125. The van der Waals surface area contributed by atoms with Crippen molar-refractivity contribution in [3.8, 4) is 0 Å². The van der Waals surface area contributed by atoms with E-state index < -0.39 is 0 Å². The minimum absolute atomic E-state index is 0.00859. The van der Waals surface area contributed by atoms with Gasteiger partial charge in [0.2, 0.25) is 5.91 Å². The van der Waals surface area contributed by atoms with Crippen molar-refractivity contribution in [2.24, 2.45) is 5.73 Å². The van der Waals surface area contributed by atoms with Gasteiger partial charge in [-0.25, -0.2) is 0 Å². The molecule has 0 saturated heterocycles. The zero-order valence-corrected chi connectivity index (χ0v) is 11.7. The van der Waals surface area contributed by atoms with Crippen molar-refractivity contribution in [2.75, 3.05) is 6.61 Å². The Kier molecular flexibility index (Phi) is 4.80. The van der Waals surface area contributed by atoms with Crippen LogP contribution in [0.2, 0.25) is 5.02 Å². The van der Waals surface area contributed by atoms with E-state index in [0.29, 0.717) is 18.1 Å². The van der Waals surface area contributed by atoms with Crippen LogP contribution in [0.3, 0.4) is 0 Å². The predicted octanol–water partition coefficient (Wildman–Crippen LogP) is 1.50. The van der Waals surface area contributed by atoms with E-state index in [9.17, 15) is 4.79 Å². The van der Waals surface area contributed by atoms with E-state index in [0.717, 1.165) is 12.0 Å². The summed E-state index contributed by atoms with van der Waals surface area (Å²) in [4.78, 5) is 11.9. The van der Waals surface area contributed by atoms with Crippen LogP contribution >= 0.6 is 11.6 Å². The summed E-state index contributed by atoms with van der Waals surface area (Å²) in [7, 11) is 0. The standard InChI is InChI=1S/C14H19ClN2O2/c1-2-19-12-8-11(16)14(12)17-13(18)7-9-3-5-10(15)6-4-9/h3-6,11-12,14H,2,7-8,16H2,1H3,(H,17,18). The minimum Gasteiger partial charge on any atom is -0.376 e. The van der Waals surface area contributed by atoms with Gasteiger partial charge in [0.25, 0.3) is 0 Å². The van der Waals surface area contributed by atoms with Crippen LogP contribution in [0.15, 0.2) is 24.3 Å². The highest BCUT2D eigenvalue weighted by Crippen LogP contribution is 2.22. The molecule has 1 amide bonds. The van der Waals surface area contributed by atoms with E-state index in [1.54, 1.807) is 12.1 Å². The number of ether oxygens (including phenoxy) is 1. The summed E-state index contributed by atoms with van der Waals surface area (Å²) in [6.45, 7) is 2.58. The number of nitrogens with two attached hydrogens (primary N) is 1. The highest BCUT2D eigenvalue weighted by atomic mass is 35.5. The number of hydrogen-bond donors (Lipinski definition) is 2. The number of carbonyl (C=O) groups excluding carboxylic acids is 1. The molecule has 1 aromatic rings. The van der Waals surface area contributed by atoms with Gasteiger partial charge in [-0.2, -0.15) is 0 Å². The summed E-state index contributed by atoms with van der Waals surface area (Å²) in [6, 6.07) is 7.18. The summed E-state index contributed by atoms with van der Waals surface area (Å²) in [5.41, 5.74) is 6.83. The third kappa shape index (κ3) is 3.69. The lowest BCUT2D eigenvalue weighted by Gasteiger charge is -2.42. The number of amides is 1. The molecule has 0 radical (unpaired) electrons. The summed E-state index contributed by atoms with van der Waals surface area (Å²) in [5.74, 6) is -0.0350. The van der Waals surface area contributed by atoms with E-state index in [4.69, 9.17) is 22.1 Å². The van der Waals surface area contributed by atoms with Gasteiger partial charge in [0, 0.05) is 17.7 Å². The molecule has 19 heavy (non-hydrogen) atoms. The molecule has 1 saturated carbocycles. The Balaban J connectivity index is 1.85. The number of hydrogen-bond acceptors (Lipinski definition) is 3. The molecular weight excluding hydrogens is 264 g/mol. The van der Waals surface area contributed by atoms with Crippen molar-refractivity contribution in [3.05, 3.63) is 34.9 Å². The highest BCUT2D eigenvalue weighted by molar-refractivity contribution is 6.30.